The number of hydrogen-bond donors (Lipinski definition) is 1. The molecular weight excluding hydrogens is 214 g/mol. The van der Waals surface area contributed by atoms with Crippen molar-refractivity contribution in [3.63, 3.8) is 0 Å². The van der Waals surface area contributed by atoms with Crippen LogP contribution in [0.5, 0.6) is 0 Å². The molecule has 0 spiro atoms. The van der Waals surface area contributed by atoms with E-state index in [-0.39, 0.29) is 6.04 Å². The third-order valence-electron chi connectivity index (χ3n) is 2.68. The maximum absolute atomic E-state index is 5.83. The molecule has 0 fully saturated rings. The fourth-order valence-corrected chi connectivity index (χ4v) is 1.66. The van der Waals surface area contributed by atoms with E-state index in [1.54, 1.807) is 0 Å². The minimum atomic E-state index is -0.159. The number of rotatable bonds is 4. The highest BCUT2D eigenvalue weighted by Gasteiger charge is 2.12. The predicted octanol–water partition coefficient (Wildman–Crippen LogP) is 2.38. The van der Waals surface area contributed by atoms with E-state index in [1.807, 2.05) is 13.0 Å². The van der Waals surface area contributed by atoms with Crippen LogP contribution in [0.3, 0.4) is 0 Å². The summed E-state index contributed by atoms with van der Waals surface area (Å²) in [6, 6.07) is 8.10. The largest absolute Gasteiger partial charge is 0.423 e. The van der Waals surface area contributed by atoms with E-state index in [2.05, 4.69) is 35.3 Å². The fourth-order valence-electron chi connectivity index (χ4n) is 1.66. The van der Waals surface area contributed by atoms with Crippen LogP contribution >= 0.6 is 0 Å². The smallest absolute Gasteiger partial charge is 0.233 e. The number of nitrogens with zero attached hydrogens (tertiary/aromatic N) is 2. The van der Waals surface area contributed by atoms with Crippen LogP contribution in [0.4, 0.5) is 0 Å². The topological polar surface area (TPSA) is 64.9 Å². The average Bonchev–Trinajstić information content (AvgIpc) is 2.76. The van der Waals surface area contributed by atoms with Crippen molar-refractivity contribution in [2.24, 2.45) is 5.73 Å². The van der Waals surface area contributed by atoms with Crippen LogP contribution in [0.1, 0.15) is 42.3 Å². The van der Waals surface area contributed by atoms with Gasteiger partial charge in [-0.3, -0.25) is 0 Å². The Morgan fingerprint density at radius 2 is 2.18 bits per heavy atom. The molecular formula is C13H17N3O. The van der Waals surface area contributed by atoms with E-state index in [4.69, 9.17) is 10.2 Å². The summed E-state index contributed by atoms with van der Waals surface area (Å²) in [5.74, 6) is 1.14. The Labute approximate surface area is 101 Å². The first-order chi connectivity index (χ1) is 8.19. The van der Waals surface area contributed by atoms with E-state index in [0.717, 1.165) is 6.42 Å². The van der Waals surface area contributed by atoms with Crippen molar-refractivity contribution in [2.45, 2.75) is 32.7 Å². The van der Waals surface area contributed by atoms with E-state index in [1.165, 1.54) is 11.1 Å². The van der Waals surface area contributed by atoms with Gasteiger partial charge < -0.3 is 10.2 Å². The van der Waals surface area contributed by atoms with Gasteiger partial charge in [0, 0.05) is 0 Å². The molecule has 4 heteroatoms. The van der Waals surface area contributed by atoms with Crippen LogP contribution in [0.25, 0.3) is 0 Å². The Morgan fingerprint density at radius 3 is 2.88 bits per heavy atom. The highest BCUT2D eigenvalue weighted by Crippen LogP contribution is 2.14. The van der Waals surface area contributed by atoms with Crippen molar-refractivity contribution in [3.8, 4) is 0 Å². The van der Waals surface area contributed by atoms with Crippen molar-refractivity contribution >= 4 is 0 Å². The zero-order valence-electron chi connectivity index (χ0n) is 10.2. The molecule has 0 radical (unpaired) electrons. The standard InChI is InChI=1S/C13H17N3O/c1-3-11(14)13-16-15-12(17-13)8-10-6-4-5-9(2)7-10/h4-7,11H,3,8,14H2,1-2H3. The van der Waals surface area contributed by atoms with Gasteiger partial charge >= 0.3 is 0 Å². The minimum Gasteiger partial charge on any atom is -0.423 e. The second kappa shape index (κ2) is 5.10. The Balaban J connectivity index is 2.11. The van der Waals surface area contributed by atoms with Crippen molar-refractivity contribution in [1.29, 1.82) is 0 Å². The highest BCUT2D eigenvalue weighted by molar-refractivity contribution is 5.24. The molecule has 0 saturated heterocycles. The summed E-state index contributed by atoms with van der Waals surface area (Å²) in [5, 5.41) is 7.98. The van der Waals surface area contributed by atoms with E-state index >= 15 is 0 Å². The van der Waals surface area contributed by atoms with Gasteiger partial charge in [-0.05, 0) is 18.9 Å². The third kappa shape index (κ3) is 2.91. The zero-order chi connectivity index (χ0) is 12.3. The summed E-state index contributed by atoms with van der Waals surface area (Å²) in [6.07, 6.45) is 1.46. The van der Waals surface area contributed by atoms with Gasteiger partial charge in [0.15, 0.2) is 0 Å². The second-order valence-electron chi connectivity index (χ2n) is 4.21. The lowest BCUT2D eigenvalue weighted by Gasteiger charge is -2.01. The molecule has 1 atom stereocenters. The van der Waals surface area contributed by atoms with Crippen LogP contribution in [0.15, 0.2) is 28.7 Å². The summed E-state index contributed by atoms with van der Waals surface area (Å²) in [4.78, 5) is 0. The van der Waals surface area contributed by atoms with Crippen LogP contribution in [0, 0.1) is 6.92 Å². The van der Waals surface area contributed by atoms with Gasteiger partial charge in [-0.15, -0.1) is 10.2 Å². The van der Waals surface area contributed by atoms with Crippen molar-refractivity contribution in [3.05, 3.63) is 47.2 Å². The van der Waals surface area contributed by atoms with Crippen LogP contribution < -0.4 is 5.73 Å². The van der Waals surface area contributed by atoms with Gasteiger partial charge in [-0.25, -0.2) is 0 Å². The van der Waals surface area contributed by atoms with Crippen molar-refractivity contribution < 1.29 is 4.42 Å². The Bertz CT molecular complexity index is 493. The molecule has 4 nitrogen and oxygen atoms in total. The molecule has 1 unspecified atom stereocenters. The zero-order valence-corrected chi connectivity index (χ0v) is 10.2. The summed E-state index contributed by atoms with van der Waals surface area (Å²) in [6.45, 7) is 4.06. The number of hydrogen-bond acceptors (Lipinski definition) is 4. The van der Waals surface area contributed by atoms with Crippen LogP contribution in [-0.4, -0.2) is 10.2 Å². The molecule has 0 aliphatic rings. The second-order valence-corrected chi connectivity index (χ2v) is 4.21. The first-order valence-corrected chi connectivity index (χ1v) is 5.82. The van der Waals surface area contributed by atoms with Gasteiger partial charge in [0.25, 0.3) is 0 Å². The lowest BCUT2D eigenvalue weighted by atomic mass is 10.1. The number of aryl methyl sites for hydroxylation is 1. The number of nitrogens with two attached hydrogens (primary N) is 1. The Morgan fingerprint density at radius 1 is 1.35 bits per heavy atom. The molecule has 0 aliphatic carbocycles. The lowest BCUT2D eigenvalue weighted by molar-refractivity contribution is 0.418. The van der Waals surface area contributed by atoms with Gasteiger partial charge in [0.2, 0.25) is 11.8 Å². The molecule has 0 aliphatic heterocycles. The normalized spacial score (nSPS) is 12.6. The first-order valence-electron chi connectivity index (χ1n) is 5.82. The molecule has 1 aromatic carbocycles. The quantitative estimate of drug-likeness (QED) is 0.877. The van der Waals surface area contributed by atoms with Crippen LogP contribution in [-0.2, 0) is 6.42 Å². The molecule has 17 heavy (non-hydrogen) atoms. The number of benzene rings is 1. The molecule has 0 saturated carbocycles. The highest BCUT2D eigenvalue weighted by atomic mass is 16.4. The summed E-state index contributed by atoms with van der Waals surface area (Å²) in [5.41, 5.74) is 8.23. The molecule has 0 bridgehead atoms. The molecule has 2 N–H and O–H groups in total. The SMILES string of the molecule is CCC(N)c1nnc(Cc2cccc(C)c2)o1. The van der Waals surface area contributed by atoms with Gasteiger partial charge in [0.05, 0.1) is 12.5 Å². The van der Waals surface area contributed by atoms with Gasteiger partial charge in [0.1, 0.15) is 0 Å². The van der Waals surface area contributed by atoms with Gasteiger partial charge in [-0.1, -0.05) is 36.8 Å². The van der Waals surface area contributed by atoms with Crippen molar-refractivity contribution in [2.75, 3.05) is 0 Å². The van der Waals surface area contributed by atoms with E-state index in [9.17, 15) is 0 Å². The summed E-state index contributed by atoms with van der Waals surface area (Å²) < 4.78 is 5.53. The van der Waals surface area contributed by atoms with Crippen LogP contribution in [0.2, 0.25) is 0 Å². The van der Waals surface area contributed by atoms with Crippen molar-refractivity contribution in [1.82, 2.24) is 10.2 Å². The molecule has 1 heterocycles. The molecule has 90 valence electrons. The molecule has 2 rings (SSSR count). The van der Waals surface area contributed by atoms with E-state index < -0.39 is 0 Å². The predicted molar refractivity (Wildman–Crippen MR) is 65.5 cm³/mol. The molecule has 2 aromatic rings. The fraction of sp³-hybridized carbons (Fsp3) is 0.385. The summed E-state index contributed by atoms with van der Waals surface area (Å²) in [7, 11) is 0. The Kier molecular flexibility index (Phi) is 3.54. The third-order valence-corrected chi connectivity index (χ3v) is 2.68. The van der Waals surface area contributed by atoms with Gasteiger partial charge in [-0.2, -0.15) is 0 Å². The first kappa shape index (κ1) is 11.8. The van der Waals surface area contributed by atoms with E-state index in [0.29, 0.717) is 18.2 Å². The average molecular weight is 231 g/mol. The number of aromatic nitrogens is 2. The summed E-state index contributed by atoms with van der Waals surface area (Å²) >= 11 is 0. The lowest BCUT2D eigenvalue weighted by Crippen LogP contribution is -2.08. The molecule has 1 aromatic heterocycles. The maximum Gasteiger partial charge on any atom is 0.233 e. The monoisotopic (exact) mass is 231 g/mol. The minimum absolute atomic E-state index is 0.159. The maximum atomic E-state index is 5.83. The molecule has 0 amide bonds. The Hall–Kier alpha value is -1.68.